The van der Waals surface area contributed by atoms with Crippen molar-refractivity contribution in [3.63, 3.8) is 0 Å². The highest BCUT2D eigenvalue weighted by Gasteiger charge is 2.51. The Bertz CT molecular complexity index is 1180. The molecule has 176 valence electrons. The average molecular weight is 473 g/mol. The molecule has 0 N–H and O–H groups in total. The number of carbonyl (C=O) groups is 2. The van der Waals surface area contributed by atoms with Crippen LogP contribution in [0.15, 0.2) is 47.9 Å². The van der Waals surface area contributed by atoms with Gasteiger partial charge in [-0.2, -0.15) is 0 Å². The van der Waals surface area contributed by atoms with Crippen molar-refractivity contribution in [3.05, 3.63) is 70.4 Å². The second kappa shape index (κ2) is 8.01. The summed E-state index contributed by atoms with van der Waals surface area (Å²) in [6.07, 6.45) is 12.0. The fourth-order valence-electron chi connectivity index (χ4n) is 7.69. The van der Waals surface area contributed by atoms with Crippen molar-refractivity contribution in [2.75, 3.05) is 6.54 Å². The van der Waals surface area contributed by atoms with E-state index >= 15 is 0 Å². The molecule has 0 atom stereocenters. The molecule has 1 aromatic heterocycles. The summed E-state index contributed by atoms with van der Waals surface area (Å²) in [5.74, 6) is 2.60. The lowest BCUT2D eigenvalue weighted by Crippen LogP contribution is -2.48. The summed E-state index contributed by atoms with van der Waals surface area (Å²) in [5, 5.41) is -0.231. The van der Waals surface area contributed by atoms with Gasteiger partial charge in [-0.05, 0) is 123 Å². The molecule has 1 aliphatic heterocycles. The van der Waals surface area contributed by atoms with Crippen LogP contribution < -0.4 is 0 Å². The minimum atomic E-state index is -0.236. The Labute approximate surface area is 206 Å². The molecule has 34 heavy (non-hydrogen) atoms. The maximum Gasteiger partial charge on any atom is 0.293 e. The first-order valence-electron chi connectivity index (χ1n) is 12.5. The molecule has 1 aromatic carbocycles. The molecule has 4 aliphatic carbocycles. The maximum absolute atomic E-state index is 12.6. The van der Waals surface area contributed by atoms with Gasteiger partial charge in [0.25, 0.3) is 11.1 Å². The van der Waals surface area contributed by atoms with Crippen LogP contribution in [0.25, 0.3) is 11.8 Å². The lowest BCUT2D eigenvalue weighted by Gasteiger charge is -2.57. The summed E-state index contributed by atoms with van der Waals surface area (Å²) in [6, 6.07) is 11.4. The molecular weight excluding hydrogens is 440 g/mol. The number of aromatic nitrogens is 1. The van der Waals surface area contributed by atoms with Crippen LogP contribution in [0, 0.1) is 31.6 Å². The second-order valence-corrected chi connectivity index (χ2v) is 12.0. The van der Waals surface area contributed by atoms with Gasteiger partial charge >= 0.3 is 0 Å². The van der Waals surface area contributed by atoms with Gasteiger partial charge in [0.05, 0.1) is 4.91 Å². The van der Waals surface area contributed by atoms with Crippen LogP contribution in [-0.4, -0.2) is 27.2 Å². The van der Waals surface area contributed by atoms with Gasteiger partial charge in [-0.1, -0.05) is 18.2 Å². The smallest absolute Gasteiger partial charge is 0.293 e. The average Bonchev–Trinajstić information content (AvgIpc) is 3.22. The van der Waals surface area contributed by atoms with E-state index in [1.807, 2.05) is 6.08 Å². The molecule has 4 nitrogen and oxygen atoms in total. The second-order valence-electron chi connectivity index (χ2n) is 11.0. The number of carbonyl (C=O) groups excluding carboxylic acids is 2. The van der Waals surface area contributed by atoms with Crippen LogP contribution in [0.5, 0.6) is 0 Å². The lowest BCUT2D eigenvalue weighted by atomic mass is 9.48. The molecule has 2 amide bonds. The first kappa shape index (κ1) is 22.0. The minimum absolute atomic E-state index is 0.231. The lowest BCUT2D eigenvalue weighted by molar-refractivity contribution is -0.122. The van der Waals surface area contributed by atoms with Gasteiger partial charge in [0.2, 0.25) is 0 Å². The van der Waals surface area contributed by atoms with Gasteiger partial charge in [-0.3, -0.25) is 14.5 Å². The number of imide groups is 1. The Balaban J connectivity index is 1.29. The van der Waals surface area contributed by atoms with Gasteiger partial charge < -0.3 is 4.57 Å². The zero-order valence-corrected chi connectivity index (χ0v) is 20.9. The molecule has 5 aliphatic rings. The molecule has 1 saturated heterocycles. The van der Waals surface area contributed by atoms with E-state index in [0.29, 0.717) is 10.3 Å². The number of aryl methyl sites for hydroxylation is 1. The fraction of sp³-hybridized carbons (Fsp3) is 0.448. The van der Waals surface area contributed by atoms with Crippen molar-refractivity contribution in [1.82, 2.24) is 9.47 Å². The Morgan fingerprint density at radius 2 is 1.65 bits per heavy atom. The molecule has 5 fully saturated rings. The molecule has 0 unspecified atom stereocenters. The topological polar surface area (TPSA) is 42.3 Å². The van der Waals surface area contributed by atoms with Crippen LogP contribution in [0.1, 0.15) is 61.0 Å². The van der Waals surface area contributed by atoms with Crippen LogP contribution >= 0.6 is 11.8 Å². The molecule has 0 spiro atoms. The van der Waals surface area contributed by atoms with E-state index in [1.165, 1.54) is 49.0 Å². The number of thioether (sulfide) groups is 1. The number of benzene rings is 1. The summed E-state index contributed by atoms with van der Waals surface area (Å²) in [7, 11) is 0. The first-order chi connectivity index (χ1) is 16.4. The third-order valence-corrected chi connectivity index (χ3v) is 9.63. The number of hydrogen-bond acceptors (Lipinski definition) is 3. The number of amides is 2. The first-order valence-corrected chi connectivity index (χ1v) is 13.3. The minimum Gasteiger partial charge on any atom is -0.318 e. The van der Waals surface area contributed by atoms with E-state index < -0.39 is 0 Å². The van der Waals surface area contributed by atoms with Gasteiger partial charge in [0, 0.05) is 23.6 Å². The third kappa shape index (κ3) is 3.43. The van der Waals surface area contributed by atoms with Crippen LogP contribution in [0.2, 0.25) is 0 Å². The summed E-state index contributed by atoms with van der Waals surface area (Å²) in [4.78, 5) is 26.6. The quantitative estimate of drug-likeness (QED) is 0.356. The zero-order chi connectivity index (χ0) is 23.6. The maximum atomic E-state index is 12.6. The fourth-order valence-corrected chi connectivity index (χ4v) is 8.53. The van der Waals surface area contributed by atoms with Crippen molar-refractivity contribution < 1.29 is 9.59 Å². The molecule has 5 heteroatoms. The Kier molecular flexibility index (Phi) is 5.18. The highest BCUT2D eigenvalue weighted by molar-refractivity contribution is 8.18. The number of rotatable bonds is 5. The van der Waals surface area contributed by atoms with Gasteiger partial charge in [0.1, 0.15) is 0 Å². The number of nitrogens with zero attached hydrogens (tertiary/aromatic N) is 2. The van der Waals surface area contributed by atoms with Crippen LogP contribution in [0.3, 0.4) is 0 Å². The number of hydrogen-bond donors (Lipinski definition) is 0. The van der Waals surface area contributed by atoms with Crippen molar-refractivity contribution in [2.45, 2.75) is 57.8 Å². The van der Waals surface area contributed by atoms with Crippen molar-refractivity contribution in [3.8, 4) is 5.69 Å². The van der Waals surface area contributed by atoms with Crippen molar-refractivity contribution >= 4 is 29.0 Å². The highest BCUT2D eigenvalue weighted by Crippen LogP contribution is 2.60. The predicted molar refractivity (Wildman–Crippen MR) is 138 cm³/mol. The predicted octanol–water partition coefficient (Wildman–Crippen LogP) is 6.78. The van der Waals surface area contributed by atoms with E-state index in [9.17, 15) is 9.59 Å². The molecule has 4 bridgehead atoms. The summed E-state index contributed by atoms with van der Waals surface area (Å²) in [5.41, 5.74) is 6.28. The van der Waals surface area contributed by atoms with E-state index in [-0.39, 0.29) is 17.7 Å². The monoisotopic (exact) mass is 472 g/mol. The largest absolute Gasteiger partial charge is 0.318 e. The van der Waals surface area contributed by atoms with Gasteiger partial charge in [-0.25, -0.2) is 0 Å². The van der Waals surface area contributed by atoms with Crippen molar-refractivity contribution in [1.29, 1.82) is 0 Å². The summed E-state index contributed by atoms with van der Waals surface area (Å²) >= 11 is 1.01. The van der Waals surface area contributed by atoms with E-state index in [2.05, 4.69) is 55.3 Å². The SMILES string of the molecule is C=CCN1C(=O)S/C(=C/c2cc(C)n(-c3ccc(C45CC6CC(CC(C6)C4)C5)cc3)c2C)C1=O. The normalized spacial score (nSPS) is 31.2. The zero-order valence-electron chi connectivity index (χ0n) is 20.0. The summed E-state index contributed by atoms with van der Waals surface area (Å²) < 4.78 is 2.25. The summed E-state index contributed by atoms with van der Waals surface area (Å²) in [6.45, 7) is 8.07. The Morgan fingerprint density at radius 3 is 2.24 bits per heavy atom. The van der Waals surface area contributed by atoms with Gasteiger partial charge in [0.15, 0.2) is 0 Å². The highest BCUT2D eigenvalue weighted by atomic mass is 32.2. The van der Waals surface area contributed by atoms with Crippen molar-refractivity contribution in [2.24, 2.45) is 17.8 Å². The Morgan fingerprint density at radius 1 is 1.03 bits per heavy atom. The van der Waals surface area contributed by atoms with Crippen LogP contribution in [0.4, 0.5) is 4.79 Å². The molecule has 2 heterocycles. The van der Waals surface area contributed by atoms with E-state index in [4.69, 9.17) is 0 Å². The van der Waals surface area contributed by atoms with Gasteiger partial charge in [-0.15, -0.1) is 6.58 Å². The molecule has 4 saturated carbocycles. The third-order valence-electron chi connectivity index (χ3n) is 8.72. The molecular formula is C29H32N2O2S. The van der Waals surface area contributed by atoms with E-state index in [0.717, 1.165) is 52.2 Å². The standard InChI is InChI=1S/C29H32N2O2S/c1-4-9-30-27(32)26(34-28(30)33)14-23-10-18(2)31(19(23)3)25-7-5-24(6-8-25)29-15-20-11-21(16-29)13-22(12-20)17-29/h4-8,10,14,20-22H,1,9,11-13,15-17H2,2-3H3/b26-14+. The Hall–Kier alpha value is -2.53. The molecule has 2 aromatic rings. The molecule has 0 radical (unpaired) electrons. The molecule has 7 rings (SSSR count). The van der Waals surface area contributed by atoms with Crippen LogP contribution in [-0.2, 0) is 10.2 Å². The van der Waals surface area contributed by atoms with E-state index in [1.54, 1.807) is 6.08 Å².